The van der Waals surface area contributed by atoms with Crippen LogP contribution in [-0.2, 0) is 17.6 Å². The first kappa shape index (κ1) is 19.4. The van der Waals surface area contributed by atoms with Gasteiger partial charge >= 0.3 is 0 Å². The summed E-state index contributed by atoms with van der Waals surface area (Å²) in [6.07, 6.45) is 13.6. The third-order valence-corrected chi connectivity index (χ3v) is 7.56. The number of fused-ring (bicyclic) bond motifs is 1. The van der Waals surface area contributed by atoms with Crippen molar-refractivity contribution in [3.8, 4) is 0 Å². The summed E-state index contributed by atoms with van der Waals surface area (Å²) in [5.74, 6) is 2.32. The average molecular weight is 372 g/mol. The fourth-order valence-corrected chi connectivity index (χ4v) is 5.67. The Labute approximate surface area is 164 Å². The van der Waals surface area contributed by atoms with E-state index in [-0.39, 0.29) is 12.1 Å². The first-order valence-corrected chi connectivity index (χ1v) is 11.2. The van der Waals surface area contributed by atoms with Gasteiger partial charge in [-0.25, -0.2) is 0 Å². The fraction of sp³-hybridized carbons (Fsp3) is 0.750. The molecule has 0 unspecified atom stereocenters. The maximum atomic E-state index is 9.53. The van der Waals surface area contributed by atoms with Crippen LogP contribution < -0.4 is 5.73 Å². The van der Waals surface area contributed by atoms with Crippen LogP contribution in [0.1, 0.15) is 80.4 Å². The number of hydrogen-bond acceptors (Lipinski definition) is 3. The molecule has 0 amide bonds. The fourth-order valence-electron chi connectivity index (χ4n) is 5.67. The molecule has 2 aliphatic carbocycles. The largest absolute Gasteiger partial charge is 0.394 e. The molecule has 0 bridgehead atoms. The zero-order valence-corrected chi connectivity index (χ0v) is 16.8. The molecule has 1 saturated carbocycles. The highest BCUT2D eigenvalue weighted by Crippen LogP contribution is 2.41. The molecule has 1 aromatic rings. The number of aryl methyl sites for hydroxylation is 1. The first-order chi connectivity index (χ1) is 13.1. The molecule has 3 heteroatoms. The Morgan fingerprint density at radius 1 is 1.04 bits per heavy atom. The maximum Gasteiger partial charge on any atom is 0.0611 e. The molecule has 150 valence electrons. The Morgan fingerprint density at radius 3 is 2.63 bits per heavy atom. The van der Waals surface area contributed by atoms with E-state index in [0.717, 1.165) is 44.3 Å². The van der Waals surface area contributed by atoms with Gasteiger partial charge in [0.2, 0.25) is 0 Å². The molecule has 27 heavy (non-hydrogen) atoms. The minimum atomic E-state index is -0.351. The molecule has 4 rings (SSSR count). The third kappa shape index (κ3) is 4.75. The number of aliphatic hydroxyl groups excluding tert-OH is 1. The standard InChI is InChI=1S/C24H37NO2/c25-24(17-26)11-8-23(16-24)22-7-6-20-14-19(4-5-21(20)15-22)3-1-2-18-9-12-27-13-10-18/h6-7,15,18-19,23,26H,1-5,8-14,16-17,25H2/t19-,23+,24-/m1/s1. The molecule has 1 saturated heterocycles. The van der Waals surface area contributed by atoms with Gasteiger partial charge in [-0.1, -0.05) is 37.5 Å². The zero-order valence-electron chi connectivity index (χ0n) is 16.8. The molecule has 3 atom stereocenters. The van der Waals surface area contributed by atoms with Crippen molar-refractivity contribution in [2.75, 3.05) is 19.8 Å². The van der Waals surface area contributed by atoms with E-state index >= 15 is 0 Å². The minimum Gasteiger partial charge on any atom is -0.394 e. The second-order valence-corrected chi connectivity index (χ2v) is 9.58. The van der Waals surface area contributed by atoms with Crippen molar-refractivity contribution >= 4 is 0 Å². The summed E-state index contributed by atoms with van der Waals surface area (Å²) in [6, 6.07) is 7.20. The summed E-state index contributed by atoms with van der Waals surface area (Å²) in [5.41, 5.74) is 10.5. The molecular weight excluding hydrogens is 334 g/mol. The van der Waals surface area contributed by atoms with Gasteiger partial charge in [0, 0.05) is 18.8 Å². The molecule has 0 aromatic heterocycles. The number of benzene rings is 1. The summed E-state index contributed by atoms with van der Waals surface area (Å²) < 4.78 is 5.48. The van der Waals surface area contributed by atoms with Crippen LogP contribution in [0.2, 0.25) is 0 Å². The summed E-state index contributed by atoms with van der Waals surface area (Å²) in [5, 5.41) is 9.53. The van der Waals surface area contributed by atoms with Crippen LogP contribution in [0.3, 0.4) is 0 Å². The highest BCUT2D eigenvalue weighted by atomic mass is 16.5. The molecular formula is C24H37NO2. The zero-order chi connectivity index (χ0) is 18.7. The first-order valence-electron chi connectivity index (χ1n) is 11.2. The lowest BCUT2D eigenvalue weighted by Crippen LogP contribution is -2.40. The second-order valence-electron chi connectivity index (χ2n) is 9.58. The Kier molecular flexibility index (Phi) is 6.21. The molecule has 2 fully saturated rings. The van der Waals surface area contributed by atoms with E-state index in [0.29, 0.717) is 5.92 Å². The molecule has 1 aromatic carbocycles. The van der Waals surface area contributed by atoms with Gasteiger partial charge in [0.1, 0.15) is 0 Å². The van der Waals surface area contributed by atoms with E-state index in [1.807, 2.05) is 0 Å². The van der Waals surface area contributed by atoms with Crippen LogP contribution in [0.15, 0.2) is 18.2 Å². The minimum absolute atomic E-state index is 0.115. The average Bonchev–Trinajstić information content (AvgIpc) is 3.11. The SMILES string of the molecule is N[C@]1(CO)CC[C@H](c2ccc3c(c2)CC[C@@H](CCCC2CCOCC2)C3)C1. The van der Waals surface area contributed by atoms with Gasteiger partial charge in [-0.15, -0.1) is 0 Å². The lowest BCUT2D eigenvalue weighted by molar-refractivity contribution is 0.0627. The number of ether oxygens (including phenoxy) is 1. The van der Waals surface area contributed by atoms with Crippen LogP contribution in [0.25, 0.3) is 0 Å². The molecule has 3 nitrogen and oxygen atoms in total. The lowest BCUT2D eigenvalue weighted by atomic mass is 9.79. The third-order valence-electron chi connectivity index (χ3n) is 7.56. The highest BCUT2D eigenvalue weighted by Gasteiger charge is 2.36. The highest BCUT2D eigenvalue weighted by molar-refractivity contribution is 5.36. The second kappa shape index (κ2) is 8.63. The van der Waals surface area contributed by atoms with Crippen molar-refractivity contribution in [3.05, 3.63) is 34.9 Å². The Morgan fingerprint density at radius 2 is 1.85 bits per heavy atom. The number of rotatable bonds is 6. The van der Waals surface area contributed by atoms with Gasteiger partial charge in [-0.3, -0.25) is 0 Å². The van der Waals surface area contributed by atoms with Crippen molar-refractivity contribution in [1.29, 1.82) is 0 Å². The van der Waals surface area contributed by atoms with Gasteiger partial charge in [0.25, 0.3) is 0 Å². The maximum absolute atomic E-state index is 9.53. The predicted molar refractivity (Wildman–Crippen MR) is 110 cm³/mol. The Hall–Kier alpha value is -0.900. The van der Waals surface area contributed by atoms with Gasteiger partial charge in [0.15, 0.2) is 0 Å². The number of hydrogen-bond donors (Lipinski definition) is 2. The molecule has 3 N–H and O–H groups in total. The Bertz CT molecular complexity index is 625. The van der Waals surface area contributed by atoms with Gasteiger partial charge < -0.3 is 15.6 Å². The van der Waals surface area contributed by atoms with Crippen molar-refractivity contribution < 1.29 is 9.84 Å². The van der Waals surface area contributed by atoms with Gasteiger partial charge in [-0.05, 0) is 85.8 Å². The Balaban J connectivity index is 1.29. The molecule has 1 heterocycles. The van der Waals surface area contributed by atoms with Crippen LogP contribution in [0.5, 0.6) is 0 Å². The van der Waals surface area contributed by atoms with Crippen LogP contribution in [0, 0.1) is 11.8 Å². The summed E-state index contributed by atoms with van der Waals surface area (Å²) in [7, 11) is 0. The quantitative estimate of drug-likeness (QED) is 0.782. The number of nitrogens with two attached hydrogens (primary N) is 1. The van der Waals surface area contributed by atoms with Crippen molar-refractivity contribution in [2.24, 2.45) is 17.6 Å². The summed E-state index contributed by atoms with van der Waals surface area (Å²) in [6.45, 7) is 2.08. The van der Waals surface area contributed by atoms with Crippen LogP contribution in [-0.4, -0.2) is 30.5 Å². The van der Waals surface area contributed by atoms with Gasteiger partial charge in [-0.2, -0.15) is 0 Å². The number of aliphatic hydroxyl groups is 1. The van der Waals surface area contributed by atoms with Crippen LogP contribution >= 0.6 is 0 Å². The van der Waals surface area contributed by atoms with Crippen LogP contribution in [0.4, 0.5) is 0 Å². The predicted octanol–water partition coefficient (Wildman–Crippen LogP) is 4.35. The van der Waals surface area contributed by atoms with E-state index in [4.69, 9.17) is 10.5 Å². The van der Waals surface area contributed by atoms with E-state index in [1.54, 1.807) is 11.1 Å². The van der Waals surface area contributed by atoms with Crippen molar-refractivity contribution in [3.63, 3.8) is 0 Å². The molecule has 0 spiro atoms. The van der Waals surface area contributed by atoms with Crippen molar-refractivity contribution in [2.45, 2.75) is 82.1 Å². The molecule has 3 aliphatic rings. The van der Waals surface area contributed by atoms with E-state index < -0.39 is 0 Å². The van der Waals surface area contributed by atoms with Crippen molar-refractivity contribution in [1.82, 2.24) is 0 Å². The molecule has 1 aliphatic heterocycles. The molecule has 0 radical (unpaired) electrons. The topological polar surface area (TPSA) is 55.5 Å². The van der Waals surface area contributed by atoms with E-state index in [9.17, 15) is 5.11 Å². The van der Waals surface area contributed by atoms with E-state index in [1.165, 1.54) is 56.9 Å². The summed E-state index contributed by atoms with van der Waals surface area (Å²) in [4.78, 5) is 0. The normalized spacial score (nSPS) is 31.8. The lowest BCUT2D eigenvalue weighted by Gasteiger charge is -2.27. The van der Waals surface area contributed by atoms with Gasteiger partial charge in [0.05, 0.1) is 6.61 Å². The smallest absolute Gasteiger partial charge is 0.0611 e. The summed E-state index contributed by atoms with van der Waals surface area (Å²) >= 11 is 0. The monoisotopic (exact) mass is 371 g/mol. The van der Waals surface area contributed by atoms with E-state index in [2.05, 4.69) is 18.2 Å².